The number of aliphatic carboxylic acids is 1. The minimum absolute atomic E-state index is 0.293. The van der Waals surface area contributed by atoms with E-state index in [0.29, 0.717) is 29.7 Å². The second-order valence-electron chi connectivity index (χ2n) is 6.33. The van der Waals surface area contributed by atoms with Gasteiger partial charge in [-0.1, -0.05) is 18.9 Å². The molecule has 1 fully saturated rings. The van der Waals surface area contributed by atoms with E-state index in [1.165, 1.54) is 12.3 Å². The van der Waals surface area contributed by atoms with Crippen LogP contribution in [0.1, 0.15) is 46.4 Å². The number of anilines is 1. The monoisotopic (exact) mass is 353 g/mol. The highest BCUT2D eigenvalue weighted by Gasteiger charge is 2.42. The lowest BCUT2D eigenvalue weighted by molar-refractivity contribution is -0.144. The molecule has 7 heteroatoms. The normalized spacial score (nSPS) is 15.2. The highest BCUT2D eigenvalue weighted by Crippen LogP contribution is 2.30. The quantitative estimate of drug-likeness (QED) is 0.765. The van der Waals surface area contributed by atoms with Crippen LogP contribution >= 0.6 is 0 Å². The van der Waals surface area contributed by atoms with Gasteiger partial charge in [-0.3, -0.25) is 14.6 Å². The largest absolute Gasteiger partial charge is 0.480 e. The summed E-state index contributed by atoms with van der Waals surface area (Å²) in [7, 11) is 0. The third-order valence-electron chi connectivity index (χ3n) is 4.53. The van der Waals surface area contributed by atoms with Crippen LogP contribution in [0, 0.1) is 0 Å². The number of carbonyl (C=O) groups excluding carboxylic acids is 2. The fraction of sp³-hybridized carbons (Fsp3) is 0.263. The molecule has 0 saturated heterocycles. The average molecular weight is 353 g/mol. The summed E-state index contributed by atoms with van der Waals surface area (Å²) in [6.45, 7) is 0. The van der Waals surface area contributed by atoms with E-state index in [2.05, 4.69) is 15.6 Å². The van der Waals surface area contributed by atoms with Crippen molar-refractivity contribution in [3.05, 3.63) is 59.9 Å². The van der Waals surface area contributed by atoms with Crippen LogP contribution in [-0.4, -0.2) is 33.4 Å². The van der Waals surface area contributed by atoms with E-state index in [1.54, 1.807) is 36.5 Å². The van der Waals surface area contributed by atoms with Gasteiger partial charge < -0.3 is 15.7 Å². The van der Waals surface area contributed by atoms with Crippen molar-refractivity contribution >= 4 is 23.5 Å². The third kappa shape index (κ3) is 3.72. The molecule has 1 aliphatic rings. The van der Waals surface area contributed by atoms with Gasteiger partial charge in [-0.15, -0.1) is 0 Å². The van der Waals surface area contributed by atoms with Crippen LogP contribution in [0.5, 0.6) is 0 Å². The molecule has 0 aliphatic heterocycles. The van der Waals surface area contributed by atoms with Gasteiger partial charge in [0, 0.05) is 23.6 Å². The Labute approximate surface area is 150 Å². The first kappa shape index (κ1) is 17.6. The molecule has 0 bridgehead atoms. The van der Waals surface area contributed by atoms with Gasteiger partial charge >= 0.3 is 5.97 Å². The van der Waals surface area contributed by atoms with E-state index in [1.807, 2.05) is 0 Å². The van der Waals surface area contributed by atoms with Crippen molar-refractivity contribution in [3.63, 3.8) is 0 Å². The van der Waals surface area contributed by atoms with Crippen LogP contribution in [0.2, 0.25) is 0 Å². The van der Waals surface area contributed by atoms with E-state index >= 15 is 0 Å². The summed E-state index contributed by atoms with van der Waals surface area (Å²) in [5.74, 6) is -1.82. The van der Waals surface area contributed by atoms with Crippen molar-refractivity contribution in [2.75, 3.05) is 5.32 Å². The van der Waals surface area contributed by atoms with Gasteiger partial charge in [0.25, 0.3) is 11.8 Å². The summed E-state index contributed by atoms with van der Waals surface area (Å²) in [6.07, 6.45) is 5.41. The van der Waals surface area contributed by atoms with Crippen molar-refractivity contribution in [3.8, 4) is 0 Å². The van der Waals surface area contributed by atoms with Crippen LogP contribution in [0.25, 0.3) is 0 Å². The number of aromatic nitrogens is 1. The molecule has 2 amide bonds. The molecule has 0 radical (unpaired) electrons. The molecule has 3 rings (SSSR count). The number of carboxylic acid groups (broad SMARTS) is 1. The maximum absolute atomic E-state index is 12.5. The number of amides is 2. The molecular weight excluding hydrogens is 334 g/mol. The van der Waals surface area contributed by atoms with Crippen molar-refractivity contribution in [1.29, 1.82) is 0 Å². The molecule has 1 aliphatic carbocycles. The van der Waals surface area contributed by atoms with E-state index < -0.39 is 17.4 Å². The maximum Gasteiger partial charge on any atom is 0.329 e. The topological polar surface area (TPSA) is 108 Å². The number of hydrogen-bond donors (Lipinski definition) is 3. The minimum Gasteiger partial charge on any atom is -0.480 e. The van der Waals surface area contributed by atoms with Gasteiger partial charge in [0.1, 0.15) is 5.54 Å². The molecule has 134 valence electrons. The molecule has 3 N–H and O–H groups in total. The SMILES string of the molecule is O=C(Nc1cccc(C(=O)NC2(C(=O)O)CCCC2)c1)c1cccnc1. The van der Waals surface area contributed by atoms with Crippen LogP contribution < -0.4 is 10.6 Å². The highest BCUT2D eigenvalue weighted by atomic mass is 16.4. The number of nitrogens with one attached hydrogen (secondary N) is 2. The summed E-state index contributed by atoms with van der Waals surface area (Å²) in [5.41, 5.74) is -0.0616. The summed E-state index contributed by atoms with van der Waals surface area (Å²) >= 11 is 0. The fourth-order valence-corrected chi connectivity index (χ4v) is 3.10. The van der Waals surface area contributed by atoms with E-state index in [-0.39, 0.29) is 5.91 Å². The molecule has 0 spiro atoms. The Hall–Kier alpha value is -3.22. The number of carbonyl (C=O) groups is 3. The van der Waals surface area contributed by atoms with Crippen molar-refractivity contribution in [2.24, 2.45) is 0 Å². The Kier molecular flexibility index (Phi) is 4.97. The number of hydrogen-bond acceptors (Lipinski definition) is 4. The second-order valence-corrected chi connectivity index (χ2v) is 6.33. The molecular formula is C19H19N3O4. The summed E-state index contributed by atoms with van der Waals surface area (Å²) < 4.78 is 0. The lowest BCUT2D eigenvalue weighted by Crippen LogP contribution is -2.52. The number of benzene rings is 1. The summed E-state index contributed by atoms with van der Waals surface area (Å²) in [5, 5.41) is 14.8. The van der Waals surface area contributed by atoms with Gasteiger partial charge in [-0.25, -0.2) is 4.79 Å². The number of pyridine rings is 1. The molecule has 26 heavy (non-hydrogen) atoms. The van der Waals surface area contributed by atoms with Crippen molar-refractivity contribution in [1.82, 2.24) is 10.3 Å². The molecule has 7 nitrogen and oxygen atoms in total. The summed E-state index contributed by atoms with van der Waals surface area (Å²) in [6, 6.07) is 9.69. The predicted molar refractivity (Wildman–Crippen MR) is 94.9 cm³/mol. The second kappa shape index (κ2) is 7.35. The van der Waals surface area contributed by atoms with Gasteiger partial charge in [0.15, 0.2) is 0 Å². The number of carboxylic acids is 1. The van der Waals surface area contributed by atoms with Gasteiger partial charge in [0.05, 0.1) is 5.56 Å². The fourth-order valence-electron chi connectivity index (χ4n) is 3.10. The molecule has 0 atom stereocenters. The van der Waals surface area contributed by atoms with Crippen molar-refractivity contribution < 1.29 is 19.5 Å². The first-order chi connectivity index (χ1) is 12.5. The maximum atomic E-state index is 12.5. The predicted octanol–water partition coefficient (Wildman–Crippen LogP) is 2.46. The number of rotatable bonds is 5. The van der Waals surface area contributed by atoms with Gasteiger partial charge in [-0.2, -0.15) is 0 Å². The number of nitrogens with zero attached hydrogens (tertiary/aromatic N) is 1. The first-order valence-corrected chi connectivity index (χ1v) is 8.37. The van der Waals surface area contributed by atoms with Crippen LogP contribution in [-0.2, 0) is 4.79 Å². The Balaban J connectivity index is 1.73. The standard InChI is InChI=1S/C19H19N3O4/c23-16(14-6-4-10-20-12-14)21-15-7-3-5-13(11-15)17(24)22-19(18(25)26)8-1-2-9-19/h3-7,10-12H,1-2,8-9H2,(H,21,23)(H,22,24)(H,25,26). The Morgan fingerprint density at radius 1 is 1.00 bits per heavy atom. The third-order valence-corrected chi connectivity index (χ3v) is 4.53. The zero-order valence-electron chi connectivity index (χ0n) is 14.1. The highest BCUT2D eigenvalue weighted by molar-refractivity contribution is 6.05. The van der Waals surface area contributed by atoms with Gasteiger partial charge in [-0.05, 0) is 43.2 Å². The van der Waals surface area contributed by atoms with Crippen LogP contribution in [0.4, 0.5) is 5.69 Å². The van der Waals surface area contributed by atoms with E-state index in [9.17, 15) is 19.5 Å². The zero-order valence-corrected chi connectivity index (χ0v) is 14.1. The molecule has 0 unspecified atom stereocenters. The minimum atomic E-state index is -1.20. The van der Waals surface area contributed by atoms with Gasteiger partial charge in [0.2, 0.25) is 0 Å². The smallest absolute Gasteiger partial charge is 0.329 e. The molecule has 1 aromatic carbocycles. The molecule has 1 saturated carbocycles. The van der Waals surface area contributed by atoms with Crippen molar-refractivity contribution in [2.45, 2.75) is 31.2 Å². The Morgan fingerprint density at radius 2 is 1.73 bits per heavy atom. The summed E-state index contributed by atoms with van der Waals surface area (Å²) in [4.78, 5) is 40.2. The Morgan fingerprint density at radius 3 is 2.38 bits per heavy atom. The molecule has 1 aromatic heterocycles. The lowest BCUT2D eigenvalue weighted by atomic mass is 9.97. The zero-order chi connectivity index (χ0) is 18.6. The van der Waals surface area contributed by atoms with Crippen LogP contribution in [0.3, 0.4) is 0 Å². The van der Waals surface area contributed by atoms with E-state index in [0.717, 1.165) is 12.8 Å². The van der Waals surface area contributed by atoms with E-state index in [4.69, 9.17) is 0 Å². The molecule has 1 heterocycles. The Bertz CT molecular complexity index is 830. The first-order valence-electron chi connectivity index (χ1n) is 8.37. The molecule has 2 aromatic rings. The van der Waals surface area contributed by atoms with Crippen LogP contribution in [0.15, 0.2) is 48.8 Å². The lowest BCUT2D eigenvalue weighted by Gasteiger charge is -2.25. The average Bonchev–Trinajstić information content (AvgIpc) is 3.12.